The highest BCUT2D eigenvalue weighted by Gasteiger charge is 2.20. The maximum atomic E-state index is 13.5. The van der Waals surface area contributed by atoms with Gasteiger partial charge in [-0.3, -0.25) is 14.4 Å². The van der Waals surface area contributed by atoms with Gasteiger partial charge in [0, 0.05) is 62.5 Å². The first kappa shape index (κ1) is 44.5. The molecule has 0 atom stereocenters. The zero-order valence-electron chi connectivity index (χ0n) is 34.6. The van der Waals surface area contributed by atoms with Crippen LogP contribution in [-0.2, 0) is 20.7 Å². The first-order valence-corrected chi connectivity index (χ1v) is 21.4. The Morgan fingerprint density at radius 1 is 0.746 bits per heavy atom. The summed E-state index contributed by atoms with van der Waals surface area (Å²) in [7, 11) is 1.82. The van der Waals surface area contributed by atoms with Crippen molar-refractivity contribution in [2.45, 2.75) is 97.8 Å². The van der Waals surface area contributed by atoms with E-state index in [1.165, 1.54) is 83.8 Å². The predicted octanol–water partition coefficient (Wildman–Crippen LogP) is 10.9. The zero-order chi connectivity index (χ0) is 42.1. The molecule has 0 radical (unpaired) electrons. The monoisotopic (exact) mass is 823 g/mol. The quantitative estimate of drug-likeness (QED) is 0.0213. The van der Waals surface area contributed by atoms with E-state index in [1.807, 2.05) is 43.4 Å². The topological polar surface area (TPSA) is 187 Å². The largest absolute Gasteiger partial charge is 0.506 e. The van der Waals surface area contributed by atoms with Gasteiger partial charge in [0.25, 0.3) is 5.91 Å². The normalized spacial score (nSPS) is 11.4. The number of rotatable bonds is 23. The lowest BCUT2D eigenvalue weighted by atomic mass is 9.93. The number of carbonyl (C=O) groups is 3. The fourth-order valence-electron chi connectivity index (χ4n) is 7.07. The van der Waals surface area contributed by atoms with Crippen molar-refractivity contribution < 1.29 is 29.3 Å². The molecule has 0 saturated carbocycles. The van der Waals surface area contributed by atoms with Gasteiger partial charge in [-0.15, -0.1) is 10.2 Å². The van der Waals surface area contributed by atoms with Crippen LogP contribution in [0.3, 0.4) is 0 Å². The molecule has 0 spiro atoms. The van der Waals surface area contributed by atoms with E-state index in [0.29, 0.717) is 36.4 Å². The standard InChI is InChI=1S/C45H57N7O6S/c1-5-6-7-8-9-10-11-12-13-14-22-58-23-16-21-47-44(57)36-26-32(41-34(42(36)55)17-15-18-38(41)46-4)24-31-19-20-37-35(25-31)45(59-52-37)51-50-33-27-39(48-29(2)53)43(56)40(28-33)49-30(3)54/h15,17-20,25-28,46,55-56H,5-14,16,21-24H2,1-4H3,(H,47,57)(H,48,53)(H,49,54). The fraction of sp³-hybridized carbons (Fsp3) is 0.422. The van der Waals surface area contributed by atoms with Crippen molar-refractivity contribution in [3.63, 3.8) is 0 Å². The van der Waals surface area contributed by atoms with Gasteiger partial charge in [-0.1, -0.05) is 82.9 Å². The Morgan fingerprint density at radius 2 is 1.41 bits per heavy atom. The Kier molecular flexibility index (Phi) is 17.0. The van der Waals surface area contributed by atoms with Gasteiger partial charge in [0.1, 0.15) is 5.75 Å². The number of ether oxygens (including phenoxy) is 1. The summed E-state index contributed by atoms with van der Waals surface area (Å²) in [5.74, 6) is -1.54. The number of carbonyl (C=O) groups excluding carboxylic acids is 3. The molecule has 4 aromatic carbocycles. The molecule has 59 heavy (non-hydrogen) atoms. The van der Waals surface area contributed by atoms with Gasteiger partial charge in [-0.2, -0.15) is 4.37 Å². The molecule has 14 heteroatoms. The third-order valence-electron chi connectivity index (χ3n) is 10.0. The van der Waals surface area contributed by atoms with Crippen LogP contribution in [0, 0.1) is 0 Å². The van der Waals surface area contributed by atoms with Crippen LogP contribution in [0.4, 0.5) is 27.8 Å². The minimum atomic E-state index is -0.407. The van der Waals surface area contributed by atoms with Crippen LogP contribution < -0.4 is 21.3 Å². The molecule has 1 heterocycles. The van der Waals surface area contributed by atoms with Gasteiger partial charge in [0.05, 0.1) is 28.1 Å². The zero-order valence-corrected chi connectivity index (χ0v) is 35.4. The molecule has 0 aliphatic heterocycles. The van der Waals surface area contributed by atoms with Gasteiger partial charge in [0.2, 0.25) is 11.8 Å². The predicted molar refractivity (Wildman–Crippen MR) is 238 cm³/mol. The fourth-order valence-corrected chi connectivity index (χ4v) is 7.75. The first-order valence-electron chi connectivity index (χ1n) is 20.6. The van der Waals surface area contributed by atoms with E-state index in [0.717, 1.165) is 57.7 Å². The number of nitrogens with zero attached hydrogens (tertiary/aromatic N) is 3. The van der Waals surface area contributed by atoms with E-state index in [1.54, 1.807) is 6.07 Å². The molecular formula is C45H57N7O6S. The van der Waals surface area contributed by atoms with E-state index >= 15 is 0 Å². The molecule has 5 aromatic rings. The lowest BCUT2D eigenvalue weighted by Gasteiger charge is -2.16. The van der Waals surface area contributed by atoms with Gasteiger partial charge >= 0.3 is 0 Å². The molecule has 0 bridgehead atoms. The minimum absolute atomic E-state index is 0.0757. The van der Waals surface area contributed by atoms with Crippen LogP contribution in [-0.4, -0.2) is 59.1 Å². The highest BCUT2D eigenvalue weighted by Crippen LogP contribution is 2.40. The number of phenols is 2. The van der Waals surface area contributed by atoms with Crippen LogP contribution in [0.15, 0.2) is 64.8 Å². The third-order valence-corrected chi connectivity index (χ3v) is 10.8. The lowest BCUT2D eigenvalue weighted by Crippen LogP contribution is -2.25. The van der Waals surface area contributed by atoms with E-state index in [2.05, 4.69) is 42.8 Å². The smallest absolute Gasteiger partial charge is 0.255 e. The Morgan fingerprint density at radius 3 is 2.07 bits per heavy atom. The third kappa shape index (κ3) is 12.7. The number of nitrogens with one attached hydrogen (secondary N) is 4. The number of unbranched alkanes of at least 4 members (excludes halogenated alkanes) is 9. The van der Waals surface area contributed by atoms with Crippen LogP contribution in [0.1, 0.15) is 113 Å². The Balaban J connectivity index is 1.26. The van der Waals surface area contributed by atoms with Gasteiger partial charge < -0.3 is 36.2 Å². The molecule has 0 unspecified atom stereocenters. The number of hydrogen-bond donors (Lipinski definition) is 6. The number of azo groups is 1. The molecule has 5 rings (SSSR count). The number of anilines is 3. The number of amides is 3. The summed E-state index contributed by atoms with van der Waals surface area (Å²) in [5.41, 5.74) is 3.94. The summed E-state index contributed by atoms with van der Waals surface area (Å²) < 4.78 is 10.4. The van der Waals surface area contributed by atoms with Crippen LogP contribution >= 0.6 is 11.5 Å². The minimum Gasteiger partial charge on any atom is -0.506 e. The number of hydrogen-bond acceptors (Lipinski definition) is 11. The Hall–Kier alpha value is -5.60. The maximum Gasteiger partial charge on any atom is 0.255 e. The molecular weight excluding hydrogens is 767 g/mol. The van der Waals surface area contributed by atoms with Gasteiger partial charge in [0.15, 0.2) is 10.8 Å². The Bertz CT molecular complexity index is 2220. The van der Waals surface area contributed by atoms with E-state index in [9.17, 15) is 24.6 Å². The second-order valence-electron chi connectivity index (χ2n) is 14.8. The Labute approximate surface area is 350 Å². The first-order chi connectivity index (χ1) is 28.6. The second kappa shape index (κ2) is 22.5. The van der Waals surface area contributed by atoms with Crippen LogP contribution in [0.5, 0.6) is 11.5 Å². The summed E-state index contributed by atoms with van der Waals surface area (Å²) >= 11 is 1.16. The van der Waals surface area contributed by atoms with Crippen molar-refractivity contribution in [2.24, 2.45) is 10.2 Å². The number of fused-ring (bicyclic) bond motifs is 2. The molecule has 314 valence electrons. The lowest BCUT2D eigenvalue weighted by molar-refractivity contribution is -0.115. The van der Waals surface area contributed by atoms with Crippen molar-refractivity contribution in [2.75, 3.05) is 42.8 Å². The summed E-state index contributed by atoms with van der Waals surface area (Å²) in [5, 5.41) is 44.7. The molecule has 0 aliphatic rings. The summed E-state index contributed by atoms with van der Waals surface area (Å²) in [6, 6.07) is 16.1. The second-order valence-corrected chi connectivity index (χ2v) is 15.5. The highest BCUT2D eigenvalue weighted by molar-refractivity contribution is 7.11. The van der Waals surface area contributed by atoms with Crippen LogP contribution in [0.25, 0.3) is 21.7 Å². The molecule has 13 nitrogen and oxygen atoms in total. The molecule has 1 aromatic heterocycles. The van der Waals surface area contributed by atoms with E-state index in [4.69, 9.17) is 4.74 Å². The summed E-state index contributed by atoms with van der Waals surface area (Å²) in [6.45, 7) is 6.57. The van der Waals surface area contributed by atoms with Gasteiger partial charge in [-0.25, -0.2) is 0 Å². The number of aromatic hydroxyl groups is 2. The molecule has 0 fully saturated rings. The van der Waals surface area contributed by atoms with Crippen molar-refractivity contribution >= 4 is 78.7 Å². The van der Waals surface area contributed by atoms with E-state index < -0.39 is 11.8 Å². The van der Waals surface area contributed by atoms with E-state index in [-0.39, 0.29) is 40.0 Å². The molecule has 6 N–H and O–H groups in total. The van der Waals surface area contributed by atoms with Crippen molar-refractivity contribution in [3.8, 4) is 11.5 Å². The molecule has 0 saturated heterocycles. The number of benzene rings is 4. The molecule has 0 aliphatic carbocycles. The SMILES string of the molecule is CCCCCCCCCCCCOCCCNC(=O)c1cc(Cc2ccc3nsc(N=Nc4cc(NC(C)=O)c(O)c(NC(C)=O)c4)c3c2)c2c(NC)cccc2c1O. The number of aromatic nitrogens is 1. The molecule has 3 amide bonds. The van der Waals surface area contributed by atoms with Crippen molar-refractivity contribution in [1.29, 1.82) is 0 Å². The van der Waals surface area contributed by atoms with Crippen molar-refractivity contribution in [3.05, 3.63) is 71.3 Å². The highest BCUT2D eigenvalue weighted by atomic mass is 32.1. The summed E-state index contributed by atoms with van der Waals surface area (Å²) in [6.07, 6.45) is 13.9. The summed E-state index contributed by atoms with van der Waals surface area (Å²) in [4.78, 5) is 37.1. The van der Waals surface area contributed by atoms with Crippen LogP contribution in [0.2, 0.25) is 0 Å². The van der Waals surface area contributed by atoms with Gasteiger partial charge in [-0.05, 0) is 78.3 Å². The number of phenolic OH excluding ortho intramolecular Hbond substituents is 2. The van der Waals surface area contributed by atoms with Crippen molar-refractivity contribution in [1.82, 2.24) is 9.69 Å². The average Bonchev–Trinajstić information content (AvgIpc) is 3.62. The maximum absolute atomic E-state index is 13.5. The average molecular weight is 824 g/mol.